The first-order valence-electron chi connectivity index (χ1n) is 9.17. The van der Waals surface area contributed by atoms with Crippen LogP contribution in [0.5, 0.6) is 5.75 Å². The van der Waals surface area contributed by atoms with Gasteiger partial charge in [0.05, 0.1) is 18.2 Å². The first-order chi connectivity index (χ1) is 13.1. The lowest BCUT2D eigenvalue weighted by molar-refractivity contribution is -0.137. The number of alkyl halides is 3. The van der Waals surface area contributed by atoms with E-state index in [4.69, 9.17) is 14.2 Å². The first-order valence-corrected chi connectivity index (χ1v) is 9.17. The molecule has 1 atom stereocenters. The molecular formula is C20H26F3NO5. The van der Waals surface area contributed by atoms with Crippen molar-refractivity contribution < 1.29 is 37.0 Å². The lowest BCUT2D eigenvalue weighted by atomic mass is 9.97. The van der Waals surface area contributed by atoms with Crippen molar-refractivity contribution >= 4 is 12.2 Å². The zero-order chi connectivity index (χ0) is 22.2. The zero-order valence-electron chi connectivity index (χ0n) is 17.3. The number of imide groups is 1. The molecule has 1 aliphatic rings. The minimum absolute atomic E-state index is 0.0288. The van der Waals surface area contributed by atoms with E-state index >= 15 is 0 Å². The molecule has 1 aromatic rings. The molecule has 0 aromatic heterocycles. The molecule has 162 valence electrons. The van der Waals surface area contributed by atoms with E-state index < -0.39 is 41.2 Å². The van der Waals surface area contributed by atoms with E-state index in [0.717, 1.165) is 17.0 Å². The highest BCUT2D eigenvalue weighted by Gasteiger charge is 2.41. The van der Waals surface area contributed by atoms with Gasteiger partial charge in [-0.3, -0.25) is 0 Å². The summed E-state index contributed by atoms with van der Waals surface area (Å²) in [6.45, 7) is 9.90. The van der Waals surface area contributed by atoms with E-state index in [-0.39, 0.29) is 24.3 Å². The lowest BCUT2D eigenvalue weighted by Crippen LogP contribution is -2.46. The predicted molar refractivity (Wildman–Crippen MR) is 98.6 cm³/mol. The van der Waals surface area contributed by atoms with Crippen LogP contribution in [0, 0.1) is 0 Å². The Balaban J connectivity index is 2.46. The summed E-state index contributed by atoms with van der Waals surface area (Å²) in [5, 5.41) is 0. The largest absolute Gasteiger partial charge is 0.493 e. The van der Waals surface area contributed by atoms with Gasteiger partial charge in [0.2, 0.25) is 0 Å². The van der Waals surface area contributed by atoms with E-state index in [9.17, 15) is 22.8 Å². The summed E-state index contributed by atoms with van der Waals surface area (Å²) in [6, 6.07) is 2.09. The van der Waals surface area contributed by atoms with Gasteiger partial charge in [-0.1, -0.05) is 6.07 Å². The van der Waals surface area contributed by atoms with Crippen LogP contribution in [-0.4, -0.2) is 34.9 Å². The fourth-order valence-electron chi connectivity index (χ4n) is 2.77. The van der Waals surface area contributed by atoms with E-state index in [1.54, 1.807) is 41.5 Å². The van der Waals surface area contributed by atoms with Crippen molar-refractivity contribution in [1.82, 2.24) is 4.90 Å². The molecule has 6 nitrogen and oxygen atoms in total. The van der Waals surface area contributed by atoms with Crippen molar-refractivity contribution in [3.8, 4) is 5.75 Å². The maximum absolute atomic E-state index is 13.0. The van der Waals surface area contributed by atoms with E-state index in [1.807, 2.05) is 0 Å². The van der Waals surface area contributed by atoms with Gasteiger partial charge in [0.25, 0.3) is 0 Å². The second-order valence-electron chi connectivity index (χ2n) is 8.73. The molecule has 1 aliphatic heterocycles. The molecule has 0 spiro atoms. The molecule has 0 saturated heterocycles. The second kappa shape index (κ2) is 7.76. The second-order valence-corrected chi connectivity index (χ2v) is 8.73. The quantitative estimate of drug-likeness (QED) is 0.586. The predicted octanol–water partition coefficient (Wildman–Crippen LogP) is 5.70. The molecule has 0 bridgehead atoms. The van der Waals surface area contributed by atoms with Gasteiger partial charge >= 0.3 is 18.4 Å². The summed E-state index contributed by atoms with van der Waals surface area (Å²) in [6.07, 6.45) is -6.23. The van der Waals surface area contributed by atoms with Gasteiger partial charge in [-0.05, 0) is 53.7 Å². The Labute approximate surface area is 167 Å². The topological polar surface area (TPSA) is 65.1 Å². The van der Waals surface area contributed by atoms with E-state index in [2.05, 4.69) is 0 Å². The maximum Gasteiger partial charge on any atom is 0.420 e. The lowest BCUT2D eigenvalue weighted by Gasteiger charge is -2.36. The van der Waals surface area contributed by atoms with Crippen LogP contribution in [-0.2, 0) is 15.7 Å². The summed E-state index contributed by atoms with van der Waals surface area (Å²) in [7, 11) is 0. The van der Waals surface area contributed by atoms with Crippen LogP contribution in [0.15, 0.2) is 18.2 Å². The van der Waals surface area contributed by atoms with Crippen molar-refractivity contribution in [2.24, 2.45) is 0 Å². The fourth-order valence-corrected chi connectivity index (χ4v) is 2.77. The Morgan fingerprint density at radius 2 is 1.52 bits per heavy atom. The molecule has 1 aromatic carbocycles. The number of rotatable bonds is 1. The SMILES string of the molecule is CC(C)(C)OC(=O)N(C(=O)OC(C)(C)C)[C@@H]1CCOc2cc(C(F)(F)F)ccc21. The van der Waals surface area contributed by atoms with Gasteiger partial charge in [0.1, 0.15) is 17.0 Å². The highest BCUT2D eigenvalue weighted by Crippen LogP contribution is 2.41. The van der Waals surface area contributed by atoms with Gasteiger partial charge in [-0.2, -0.15) is 13.2 Å². The van der Waals surface area contributed by atoms with Crippen molar-refractivity contribution in [2.45, 2.75) is 71.4 Å². The van der Waals surface area contributed by atoms with Crippen LogP contribution in [0.4, 0.5) is 22.8 Å². The molecular weight excluding hydrogens is 391 g/mol. The standard InChI is InChI=1S/C20H26F3NO5/c1-18(2,3)28-16(25)24(17(26)29-19(4,5)6)14-9-10-27-15-11-12(20(21,22)23)7-8-13(14)15/h7-8,11,14H,9-10H2,1-6H3/t14-/m1/s1. The Bertz CT molecular complexity index is 750. The third kappa shape index (κ3) is 6.01. The number of fused-ring (bicyclic) bond motifs is 1. The molecule has 1 heterocycles. The summed E-state index contributed by atoms with van der Waals surface area (Å²) >= 11 is 0. The summed E-state index contributed by atoms with van der Waals surface area (Å²) in [4.78, 5) is 26.4. The number of carbonyl (C=O) groups is 2. The van der Waals surface area contributed by atoms with Crippen molar-refractivity contribution in [3.05, 3.63) is 29.3 Å². The fraction of sp³-hybridized carbons (Fsp3) is 0.600. The minimum Gasteiger partial charge on any atom is -0.493 e. The maximum atomic E-state index is 13.0. The first kappa shape index (κ1) is 22.8. The number of benzene rings is 1. The average Bonchev–Trinajstić information content (AvgIpc) is 2.50. The Morgan fingerprint density at radius 1 is 1.00 bits per heavy atom. The molecule has 2 amide bonds. The third-order valence-corrected chi connectivity index (χ3v) is 3.84. The number of carbonyl (C=O) groups excluding carboxylic acids is 2. The van der Waals surface area contributed by atoms with Gasteiger partial charge in [0, 0.05) is 12.0 Å². The molecule has 0 saturated carbocycles. The Morgan fingerprint density at radius 3 is 1.97 bits per heavy atom. The molecule has 0 aliphatic carbocycles. The summed E-state index contributed by atoms with van der Waals surface area (Å²) in [5.41, 5.74) is -2.37. The number of ether oxygens (including phenoxy) is 3. The van der Waals surface area contributed by atoms with Crippen LogP contribution in [0.3, 0.4) is 0 Å². The van der Waals surface area contributed by atoms with Gasteiger partial charge in [0.15, 0.2) is 0 Å². The van der Waals surface area contributed by atoms with Crippen molar-refractivity contribution in [3.63, 3.8) is 0 Å². The van der Waals surface area contributed by atoms with Gasteiger partial charge in [-0.15, -0.1) is 0 Å². The van der Waals surface area contributed by atoms with Crippen molar-refractivity contribution in [2.75, 3.05) is 6.61 Å². The molecule has 0 N–H and O–H groups in total. The smallest absolute Gasteiger partial charge is 0.420 e. The Hall–Kier alpha value is -2.45. The normalized spacial score (nSPS) is 17.1. The third-order valence-electron chi connectivity index (χ3n) is 3.84. The van der Waals surface area contributed by atoms with Crippen LogP contribution >= 0.6 is 0 Å². The van der Waals surface area contributed by atoms with Gasteiger partial charge < -0.3 is 14.2 Å². The number of nitrogens with zero attached hydrogens (tertiary/aromatic N) is 1. The molecule has 9 heteroatoms. The monoisotopic (exact) mass is 417 g/mol. The highest BCUT2D eigenvalue weighted by atomic mass is 19.4. The highest BCUT2D eigenvalue weighted by molar-refractivity contribution is 5.89. The number of hydrogen-bond acceptors (Lipinski definition) is 5. The zero-order valence-corrected chi connectivity index (χ0v) is 17.3. The summed E-state index contributed by atoms with van der Waals surface area (Å²) in [5.74, 6) is -0.0341. The van der Waals surface area contributed by atoms with Crippen LogP contribution in [0.25, 0.3) is 0 Å². The number of amides is 2. The molecule has 0 fully saturated rings. The number of hydrogen-bond donors (Lipinski definition) is 0. The van der Waals surface area contributed by atoms with Crippen LogP contribution in [0.2, 0.25) is 0 Å². The minimum atomic E-state index is -4.54. The molecule has 2 rings (SSSR count). The summed E-state index contributed by atoms with van der Waals surface area (Å²) < 4.78 is 55.1. The molecule has 29 heavy (non-hydrogen) atoms. The van der Waals surface area contributed by atoms with Crippen molar-refractivity contribution in [1.29, 1.82) is 0 Å². The number of halogens is 3. The van der Waals surface area contributed by atoms with Crippen LogP contribution in [0.1, 0.15) is 65.1 Å². The van der Waals surface area contributed by atoms with E-state index in [0.29, 0.717) is 0 Å². The molecule has 0 unspecified atom stereocenters. The average molecular weight is 417 g/mol. The van der Waals surface area contributed by atoms with Gasteiger partial charge in [-0.25, -0.2) is 14.5 Å². The van der Waals surface area contributed by atoms with E-state index in [1.165, 1.54) is 6.07 Å². The van der Waals surface area contributed by atoms with Crippen LogP contribution < -0.4 is 4.74 Å². The Kier molecular flexibility index (Phi) is 6.11. The molecule has 0 radical (unpaired) electrons.